The van der Waals surface area contributed by atoms with Crippen LogP contribution >= 0.6 is 0 Å². The molecule has 0 bridgehead atoms. The van der Waals surface area contributed by atoms with E-state index in [0.717, 1.165) is 37.2 Å². The van der Waals surface area contributed by atoms with E-state index >= 15 is 0 Å². The molecule has 1 saturated heterocycles. The van der Waals surface area contributed by atoms with Gasteiger partial charge in [-0.15, -0.1) is 0 Å². The van der Waals surface area contributed by atoms with Crippen LogP contribution in [-0.2, 0) is 11.2 Å². The van der Waals surface area contributed by atoms with Crippen LogP contribution in [0.4, 0.5) is 0 Å². The molecule has 2 atom stereocenters. The molecule has 0 radical (unpaired) electrons. The van der Waals surface area contributed by atoms with Crippen molar-refractivity contribution in [2.75, 3.05) is 13.1 Å². The number of nitrogens with one attached hydrogen (secondary N) is 1. The first-order valence-electron chi connectivity index (χ1n) is 8.10. The lowest BCUT2D eigenvalue weighted by atomic mass is 9.94. The Balaban J connectivity index is 1.60. The van der Waals surface area contributed by atoms with Gasteiger partial charge in [-0.2, -0.15) is 5.10 Å². The van der Waals surface area contributed by atoms with E-state index in [1.807, 2.05) is 11.8 Å². The first-order valence-corrected chi connectivity index (χ1v) is 8.10. The van der Waals surface area contributed by atoms with Crippen LogP contribution in [0.15, 0.2) is 0 Å². The van der Waals surface area contributed by atoms with Crippen LogP contribution in [0, 0.1) is 5.41 Å². The molecule has 3 heterocycles. The largest absolute Gasteiger partial charge is 0.369 e. The highest BCUT2D eigenvalue weighted by molar-refractivity contribution is 5.94. The Labute approximate surface area is 125 Å². The fourth-order valence-electron chi connectivity index (χ4n) is 3.97. The highest BCUT2D eigenvalue weighted by atomic mass is 16.5. The van der Waals surface area contributed by atoms with Gasteiger partial charge in [-0.25, -0.2) is 0 Å². The Morgan fingerprint density at radius 3 is 2.95 bits per heavy atom. The number of ether oxygens (including phenoxy) is 1. The highest BCUT2D eigenvalue weighted by Gasteiger charge is 2.47. The monoisotopic (exact) mass is 289 g/mol. The number of fused-ring (bicyclic) bond motifs is 1. The summed E-state index contributed by atoms with van der Waals surface area (Å²) in [5.74, 6) is 0.111. The molecule has 21 heavy (non-hydrogen) atoms. The second kappa shape index (κ2) is 4.57. The minimum absolute atomic E-state index is 0.00562. The Bertz CT molecular complexity index is 576. The molecule has 1 aromatic heterocycles. The molecule has 0 unspecified atom stereocenters. The summed E-state index contributed by atoms with van der Waals surface area (Å²) in [6.45, 7) is 5.88. The van der Waals surface area contributed by atoms with Crippen molar-refractivity contribution in [3.05, 3.63) is 17.0 Å². The first kappa shape index (κ1) is 13.3. The number of aromatic nitrogens is 2. The van der Waals surface area contributed by atoms with Crippen molar-refractivity contribution in [2.45, 2.75) is 58.2 Å². The number of amides is 1. The third-order valence-corrected chi connectivity index (χ3v) is 5.34. The molecular weight excluding hydrogens is 266 g/mol. The molecule has 1 aromatic rings. The van der Waals surface area contributed by atoms with E-state index in [1.54, 1.807) is 0 Å². The van der Waals surface area contributed by atoms with E-state index < -0.39 is 0 Å². The zero-order valence-electron chi connectivity index (χ0n) is 12.8. The Morgan fingerprint density at radius 1 is 1.38 bits per heavy atom. The number of aromatic amines is 1. The first-order chi connectivity index (χ1) is 10.1. The fourth-order valence-corrected chi connectivity index (χ4v) is 3.97. The maximum Gasteiger partial charge on any atom is 0.274 e. The smallest absolute Gasteiger partial charge is 0.274 e. The number of hydrogen-bond donors (Lipinski definition) is 1. The predicted octanol–water partition coefficient (Wildman–Crippen LogP) is 2.45. The highest BCUT2D eigenvalue weighted by Crippen LogP contribution is 2.52. The minimum Gasteiger partial charge on any atom is -0.369 e. The quantitative estimate of drug-likeness (QED) is 0.864. The van der Waals surface area contributed by atoms with E-state index in [1.165, 1.54) is 19.3 Å². The van der Waals surface area contributed by atoms with Crippen molar-refractivity contribution < 1.29 is 9.53 Å². The SMILES string of the molecule is C[C@@H]1Cc2c(C(=O)N3CCCC4(CC4)C3)n[nH]c2[C@H](C)O1. The molecule has 2 aliphatic heterocycles. The molecule has 4 rings (SSSR count). The number of likely N-dealkylation sites (tertiary alicyclic amines) is 1. The predicted molar refractivity (Wildman–Crippen MR) is 78.1 cm³/mol. The Hall–Kier alpha value is -1.36. The summed E-state index contributed by atoms with van der Waals surface area (Å²) < 4.78 is 5.80. The van der Waals surface area contributed by atoms with Crippen LogP contribution in [0.2, 0.25) is 0 Å². The molecule has 1 saturated carbocycles. The number of carbonyl (C=O) groups excluding carboxylic acids is 1. The van der Waals surface area contributed by atoms with Gasteiger partial charge in [0.05, 0.1) is 17.9 Å². The molecular formula is C16H23N3O2. The van der Waals surface area contributed by atoms with Gasteiger partial charge in [0.2, 0.25) is 0 Å². The fraction of sp³-hybridized carbons (Fsp3) is 0.750. The molecule has 2 fully saturated rings. The lowest BCUT2D eigenvalue weighted by molar-refractivity contribution is -0.00704. The van der Waals surface area contributed by atoms with Crippen molar-refractivity contribution >= 4 is 5.91 Å². The average molecular weight is 289 g/mol. The van der Waals surface area contributed by atoms with E-state index in [9.17, 15) is 4.79 Å². The van der Waals surface area contributed by atoms with E-state index in [-0.39, 0.29) is 18.1 Å². The van der Waals surface area contributed by atoms with Gasteiger partial charge in [0.1, 0.15) is 0 Å². The van der Waals surface area contributed by atoms with Crippen LogP contribution in [0.25, 0.3) is 0 Å². The second-order valence-corrected chi connectivity index (χ2v) is 7.09. The maximum absolute atomic E-state index is 12.9. The van der Waals surface area contributed by atoms with Crippen LogP contribution in [0.5, 0.6) is 0 Å². The minimum atomic E-state index is -0.00562. The summed E-state index contributed by atoms with van der Waals surface area (Å²) in [6.07, 6.45) is 5.91. The lowest BCUT2D eigenvalue weighted by Crippen LogP contribution is -2.41. The number of nitrogens with zero attached hydrogens (tertiary/aromatic N) is 2. The van der Waals surface area contributed by atoms with Crippen molar-refractivity contribution in [3.8, 4) is 0 Å². The third kappa shape index (κ3) is 2.18. The molecule has 1 N–H and O–H groups in total. The number of carbonyl (C=O) groups is 1. The van der Waals surface area contributed by atoms with Crippen LogP contribution < -0.4 is 0 Å². The number of rotatable bonds is 1. The molecule has 5 nitrogen and oxygen atoms in total. The van der Waals surface area contributed by atoms with Crippen LogP contribution in [0.1, 0.15) is 67.4 Å². The number of H-pyrrole nitrogens is 1. The van der Waals surface area contributed by atoms with Crippen LogP contribution in [-0.4, -0.2) is 40.2 Å². The zero-order valence-corrected chi connectivity index (χ0v) is 12.8. The van der Waals surface area contributed by atoms with Gasteiger partial charge in [0.25, 0.3) is 5.91 Å². The summed E-state index contributed by atoms with van der Waals surface area (Å²) >= 11 is 0. The van der Waals surface area contributed by atoms with Gasteiger partial charge in [-0.3, -0.25) is 9.89 Å². The molecule has 114 valence electrons. The molecule has 0 aromatic carbocycles. The average Bonchev–Trinajstić information content (AvgIpc) is 3.05. The molecule has 5 heteroatoms. The van der Waals surface area contributed by atoms with Gasteiger partial charge < -0.3 is 9.64 Å². The Kier molecular flexibility index (Phi) is 2.89. The maximum atomic E-state index is 12.9. The van der Waals surface area contributed by atoms with Gasteiger partial charge in [0, 0.05) is 25.1 Å². The summed E-state index contributed by atoms with van der Waals surface area (Å²) in [7, 11) is 0. The van der Waals surface area contributed by atoms with Crippen LogP contribution in [0.3, 0.4) is 0 Å². The normalized spacial score (nSPS) is 30.3. The van der Waals surface area contributed by atoms with Gasteiger partial charge in [-0.1, -0.05) is 0 Å². The second-order valence-electron chi connectivity index (χ2n) is 7.09. The van der Waals surface area contributed by atoms with Gasteiger partial charge >= 0.3 is 0 Å². The Morgan fingerprint density at radius 2 is 2.19 bits per heavy atom. The van der Waals surface area contributed by atoms with E-state index in [2.05, 4.69) is 17.1 Å². The molecule has 1 spiro atoms. The number of hydrogen-bond acceptors (Lipinski definition) is 3. The summed E-state index contributed by atoms with van der Waals surface area (Å²) in [4.78, 5) is 14.9. The number of piperidine rings is 1. The van der Waals surface area contributed by atoms with E-state index in [0.29, 0.717) is 11.1 Å². The molecule has 3 aliphatic rings. The van der Waals surface area contributed by atoms with E-state index in [4.69, 9.17) is 4.74 Å². The summed E-state index contributed by atoms with van der Waals surface area (Å²) in [5.41, 5.74) is 3.13. The van der Waals surface area contributed by atoms with Crippen molar-refractivity contribution in [3.63, 3.8) is 0 Å². The van der Waals surface area contributed by atoms with Crippen molar-refractivity contribution in [1.82, 2.24) is 15.1 Å². The zero-order chi connectivity index (χ0) is 14.6. The third-order valence-electron chi connectivity index (χ3n) is 5.34. The lowest BCUT2D eigenvalue weighted by Gasteiger charge is -2.33. The standard InChI is InChI=1S/C16H23N3O2/c1-10-8-12-13(11(2)21-10)17-18-14(12)15(20)19-7-3-4-16(9-19)5-6-16/h10-11H,3-9H2,1-2H3,(H,17,18)/t10-,11+/m1/s1. The van der Waals surface area contributed by atoms with Gasteiger partial charge in [-0.05, 0) is 44.9 Å². The van der Waals surface area contributed by atoms with Gasteiger partial charge in [0.15, 0.2) is 5.69 Å². The molecule has 1 amide bonds. The van der Waals surface area contributed by atoms with Crippen molar-refractivity contribution in [1.29, 1.82) is 0 Å². The summed E-state index contributed by atoms with van der Waals surface area (Å²) in [6, 6.07) is 0. The van der Waals surface area contributed by atoms with Crippen molar-refractivity contribution in [2.24, 2.45) is 5.41 Å². The molecule has 1 aliphatic carbocycles. The topological polar surface area (TPSA) is 58.2 Å². The summed E-state index contributed by atoms with van der Waals surface area (Å²) in [5, 5.41) is 7.36.